The Labute approximate surface area is 136 Å². The molecule has 0 saturated heterocycles. The minimum Gasteiger partial charge on any atom is -0.507 e. The van der Waals surface area contributed by atoms with Crippen molar-refractivity contribution in [1.82, 2.24) is 5.01 Å². The number of hydrazone groups is 1. The Balaban J connectivity index is 2.07. The number of carbonyl (C=O) groups excluding carboxylic acids is 1. The minimum absolute atomic E-state index is 0.0111. The van der Waals surface area contributed by atoms with E-state index in [9.17, 15) is 28.2 Å². The van der Waals surface area contributed by atoms with Crippen molar-refractivity contribution in [2.45, 2.75) is 38.1 Å². The molecule has 1 aliphatic heterocycles. The first-order valence-corrected chi connectivity index (χ1v) is 7.65. The van der Waals surface area contributed by atoms with Gasteiger partial charge in [0.05, 0.1) is 11.5 Å². The van der Waals surface area contributed by atoms with Crippen molar-refractivity contribution in [3.8, 4) is 5.75 Å². The number of para-hydroxylation sites is 1. The highest BCUT2D eigenvalue weighted by Gasteiger charge is 2.68. The lowest BCUT2D eigenvalue weighted by Crippen LogP contribution is -2.61. The average Bonchev–Trinajstić information content (AvgIpc) is 2.81. The molecule has 1 fully saturated rings. The van der Waals surface area contributed by atoms with Gasteiger partial charge in [-0.3, -0.25) is 4.79 Å². The second-order valence-electron chi connectivity index (χ2n) is 6.38. The van der Waals surface area contributed by atoms with Gasteiger partial charge in [0.2, 0.25) is 0 Å². The first kappa shape index (κ1) is 16.8. The summed E-state index contributed by atoms with van der Waals surface area (Å²) < 4.78 is 41.1. The van der Waals surface area contributed by atoms with E-state index < -0.39 is 29.5 Å². The molecule has 1 aromatic rings. The van der Waals surface area contributed by atoms with Gasteiger partial charge in [-0.15, -0.1) is 0 Å². The summed E-state index contributed by atoms with van der Waals surface area (Å²) in [6, 6.07) is 5.24. The van der Waals surface area contributed by atoms with Crippen LogP contribution in [0.2, 0.25) is 0 Å². The molecule has 0 unspecified atom stereocenters. The van der Waals surface area contributed by atoms with Gasteiger partial charge in [-0.05, 0) is 37.3 Å². The maximum absolute atomic E-state index is 13.7. The Hall–Kier alpha value is -2.09. The SMILES string of the molecule is C[C@@H]1CCC2=NN(C(=O)c3ccccc3O)[C@@](O)(C(F)(F)F)[C@@H]2C1. The van der Waals surface area contributed by atoms with Gasteiger partial charge in [0.15, 0.2) is 0 Å². The van der Waals surface area contributed by atoms with Crippen molar-refractivity contribution >= 4 is 11.6 Å². The first-order valence-electron chi connectivity index (χ1n) is 7.65. The van der Waals surface area contributed by atoms with E-state index >= 15 is 0 Å². The first-order chi connectivity index (χ1) is 11.2. The maximum atomic E-state index is 13.7. The number of fused-ring (bicyclic) bond motifs is 1. The number of phenolic OH excluding ortho intramolecular Hbond substituents is 1. The van der Waals surface area contributed by atoms with E-state index in [1.165, 1.54) is 24.3 Å². The second kappa shape index (κ2) is 5.47. The smallest absolute Gasteiger partial charge is 0.439 e. The van der Waals surface area contributed by atoms with Crippen LogP contribution in [0.25, 0.3) is 0 Å². The molecule has 1 aromatic carbocycles. The van der Waals surface area contributed by atoms with Gasteiger partial charge in [-0.1, -0.05) is 19.1 Å². The Bertz CT molecular complexity index is 704. The highest BCUT2D eigenvalue weighted by atomic mass is 19.4. The van der Waals surface area contributed by atoms with E-state index in [1.54, 1.807) is 6.92 Å². The van der Waals surface area contributed by atoms with Crippen molar-refractivity contribution in [1.29, 1.82) is 0 Å². The summed E-state index contributed by atoms with van der Waals surface area (Å²) >= 11 is 0. The Morgan fingerprint density at radius 1 is 1.38 bits per heavy atom. The molecule has 1 heterocycles. The molecule has 8 heteroatoms. The summed E-state index contributed by atoms with van der Waals surface area (Å²) in [5, 5.41) is 24.2. The van der Waals surface area contributed by atoms with E-state index in [1.807, 2.05) is 0 Å². The molecule has 130 valence electrons. The van der Waals surface area contributed by atoms with Crippen molar-refractivity contribution in [3.05, 3.63) is 29.8 Å². The van der Waals surface area contributed by atoms with Crippen LogP contribution in [0.1, 0.15) is 36.5 Å². The molecule has 0 aromatic heterocycles. The minimum atomic E-state index is -5.07. The number of benzene rings is 1. The zero-order valence-corrected chi connectivity index (χ0v) is 12.9. The van der Waals surface area contributed by atoms with Crippen LogP contribution in [-0.2, 0) is 0 Å². The number of carbonyl (C=O) groups is 1. The summed E-state index contributed by atoms with van der Waals surface area (Å²) in [5.74, 6) is -2.93. The summed E-state index contributed by atoms with van der Waals surface area (Å²) in [6.45, 7) is 1.81. The van der Waals surface area contributed by atoms with Crippen LogP contribution in [0.5, 0.6) is 5.75 Å². The number of hydrogen-bond acceptors (Lipinski definition) is 4. The quantitative estimate of drug-likeness (QED) is 0.824. The van der Waals surface area contributed by atoms with Crippen LogP contribution >= 0.6 is 0 Å². The molecule has 1 aliphatic carbocycles. The predicted molar refractivity (Wildman–Crippen MR) is 79.2 cm³/mol. The van der Waals surface area contributed by atoms with Crippen LogP contribution in [-0.4, -0.2) is 38.7 Å². The number of alkyl halides is 3. The molecule has 3 atom stereocenters. The molecule has 5 nitrogen and oxygen atoms in total. The summed E-state index contributed by atoms with van der Waals surface area (Å²) in [6.07, 6.45) is -4.02. The van der Waals surface area contributed by atoms with Crippen LogP contribution in [0, 0.1) is 11.8 Å². The van der Waals surface area contributed by atoms with Gasteiger partial charge >= 0.3 is 6.18 Å². The molecular weight excluding hydrogens is 325 g/mol. The maximum Gasteiger partial charge on any atom is 0.439 e. The lowest BCUT2D eigenvalue weighted by Gasteiger charge is -2.39. The number of aliphatic hydroxyl groups is 1. The molecule has 1 amide bonds. The zero-order chi connectivity index (χ0) is 17.7. The summed E-state index contributed by atoms with van der Waals surface area (Å²) in [5.41, 5.74) is -3.55. The molecule has 3 rings (SSSR count). The third kappa shape index (κ3) is 2.36. The molecule has 2 aliphatic rings. The van der Waals surface area contributed by atoms with Crippen molar-refractivity contribution in [2.75, 3.05) is 0 Å². The van der Waals surface area contributed by atoms with Gasteiger partial charge in [0.25, 0.3) is 11.6 Å². The van der Waals surface area contributed by atoms with Crippen molar-refractivity contribution < 1.29 is 28.2 Å². The Morgan fingerprint density at radius 3 is 2.67 bits per heavy atom. The number of halogens is 3. The predicted octanol–water partition coefficient (Wildman–Crippen LogP) is 2.89. The molecule has 2 N–H and O–H groups in total. The Morgan fingerprint density at radius 2 is 2.04 bits per heavy atom. The number of hydrogen-bond donors (Lipinski definition) is 2. The number of aromatic hydroxyl groups is 1. The van der Waals surface area contributed by atoms with E-state index in [0.717, 1.165) is 0 Å². The molecule has 0 spiro atoms. The van der Waals surface area contributed by atoms with Crippen LogP contribution in [0.3, 0.4) is 0 Å². The average molecular weight is 342 g/mol. The van der Waals surface area contributed by atoms with Crippen LogP contribution in [0.4, 0.5) is 13.2 Å². The number of phenols is 1. The number of nitrogens with zero attached hydrogens (tertiary/aromatic N) is 2. The second-order valence-corrected chi connectivity index (χ2v) is 6.38. The third-order valence-electron chi connectivity index (χ3n) is 4.71. The monoisotopic (exact) mass is 342 g/mol. The summed E-state index contributed by atoms with van der Waals surface area (Å²) in [4.78, 5) is 12.6. The van der Waals surface area contributed by atoms with Gasteiger partial charge in [0.1, 0.15) is 5.75 Å². The van der Waals surface area contributed by atoms with Crippen molar-refractivity contribution in [2.24, 2.45) is 16.9 Å². The molecule has 1 saturated carbocycles. The Kier molecular flexibility index (Phi) is 3.82. The lowest BCUT2D eigenvalue weighted by molar-refractivity contribution is -0.313. The van der Waals surface area contributed by atoms with E-state index in [0.29, 0.717) is 12.8 Å². The fourth-order valence-electron chi connectivity index (χ4n) is 3.38. The van der Waals surface area contributed by atoms with Gasteiger partial charge < -0.3 is 10.2 Å². The van der Waals surface area contributed by atoms with E-state index in [4.69, 9.17) is 0 Å². The van der Waals surface area contributed by atoms with E-state index in [2.05, 4.69) is 5.10 Å². The third-order valence-corrected chi connectivity index (χ3v) is 4.71. The van der Waals surface area contributed by atoms with E-state index in [-0.39, 0.29) is 28.6 Å². The molecular formula is C16H17F3N2O3. The number of rotatable bonds is 1. The van der Waals surface area contributed by atoms with Gasteiger partial charge in [-0.25, -0.2) is 0 Å². The molecule has 0 bridgehead atoms. The lowest BCUT2D eigenvalue weighted by atomic mass is 9.76. The standard InChI is InChI=1S/C16H17F3N2O3/c1-9-6-7-12-11(8-9)15(24,16(17,18)19)21(20-12)14(23)10-4-2-3-5-13(10)22/h2-5,9,11,22,24H,6-8H2,1H3/t9-,11-,15+/m1/s1. The van der Waals surface area contributed by atoms with Crippen LogP contribution in [0.15, 0.2) is 29.4 Å². The fourth-order valence-corrected chi connectivity index (χ4v) is 3.38. The molecule has 0 radical (unpaired) electrons. The van der Waals surface area contributed by atoms with Crippen molar-refractivity contribution in [3.63, 3.8) is 0 Å². The fraction of sp³-hybridized carbons (Fsp3) is 0.500. The zero-order valence-electron chi connectivity index (χ0n) is 12.9. The highest BCUT2D eigenvalue weighted by Crippen LogP contribution is 2.49. The number of amides is 1. The largest absolute Gasteiger partial charge is 0.507 e. The van der Waals surface area contributed by atoms with Gasteiger partial charge in [-0.2, -0.15) is 23.3 Å². The normalized spacial score (nSPS) is 30.0. The highest BCUT2D eigenvalue weighted by molar-refractivity contribution is 6.01. The topological polar surface area (TPSA) is 73.1 Å². The van der Waals surface area contributed by atoms with Gasteiger partial charge in [0, 0.05) is 5.71 Å². The van der Waals surface area contributed by atoms with Crippen LogP contribution < -0.4 is 0 Å². The summed E-state index contributed by atoms with van der Waals surface area (Å²) in [7, 11) is 0. The molecule has 24 heavy (non-hydrogen) atoms.